The van der Waals surface area contributed by atoms with Gasteiger partial charge in [0.15, 0.2) is 6.61 Å². The van der Waals surface area contributed by atoms with Gasteiger partial charge in [0, 0.05) is 28.5 Å². The van der Waals surface area contributed by atoms with Crippen molar-refractivity contribution in [2.75, 3.05) is 17.2 Å². The van der Waals surface area contributed by atoms with Crippen molar-refractivity contribution in [3.8, 4) is 5.75 Å². The SMILES string of the molecule is CC(=O)Nc1ccc(NC(=O)CC(C)=NNC(=O)COc2cc(C)c(Br)cc2Br)cc1. The molecule has 8 nitrogen and oxygen atoms in total. The maximum absolute atomic E-state index is 12.1. The number of nitrogens with one attached hydrogen (secondary N) is 3. The third-order valence-electron chi connectivity index (χ3n) is 3.85. The normalized spacial score (nSPS) is 10.9. The predicted molar refractivity (Wildman–Crippen MR) is 127 cm³/mol. The van der Waals surface area contributed by atoms with Crippen molar-refractivity contribution in [2.45, 2.75) is 27.2 Å². The van der Waals surface area contributed by atoms with Gasteiger partial charge in [0.1, 0.15) is 5.75 Å². The molecule has 2 aromatic rings. The molecular formula is C21H22Br2N4O4. The van der Waals surface area contributed by atoms with Gasteiger partial charge in [0.2, 0.25) is 11.8 Å². The van der Waals surface area contributed by atoms with Crippen LogP contribution in [0.4, 0.5) is 11.4 Å². The minimum Gasteiger partial charge on any atom is -0.483 e. The lowest BCUT2D eigenvalue weighted by atomic mass is 10.2. The van der Waals surface area contributed by atoms with E-state index in [1.165, 1.54) is 6.92 Å². The summed E-state index contributed by atoms with van der Waals surface area (Å²) in [7, 11) is 0. The number of hydrogen-bond donors (Lipinski definition) is 3. The average Bonchev–Trinajstić information content (AvgIpc) is 2.69. The Morgan fingerprint density at radius 2 is 1.55 bits per heavy atom. The monoisotopic (exact) mass is 552 g/mol. The topological polar surface area (TPSA) is 109 Å². The maximum Gasteiger partial charge on any atom is 0.277 e. The average molecular weight is 554 g/mol. The van der Waals surface area contributed by atoms with E-state index in [0.717, 1.165) is 14.5 Å². The molecule has 0 atom stereocenters. The van der Waals surface area contributed by atoms with Gasteiger partial charge in [-0.1, -0.05) is 15.9 Å². The zero-order valence-corrected chi connectivity index (χ0v) is 20.4. The van der Waals surface area contributed by atoms with Crippen molar-refractivity contribution in [3.63, 3.8) is 0 Å². The molecule has 2 aromatic carbocycles. The first-order valence-electron chi connectivity index (χ1n) is 9.22. The van der Waals surface area contributed by atoms with E-state index in [0.29, 0.717) is 22.8 Å². The number of hydrogen-bond acceptors (Lipinski definition) is 5. The molecular weight excluding hydrogens is 532 g/mol. The van der Waals surface area contributed by atoms with E-state index in [1.807, 2.05) is 19.1 Å². The fourth-order valence-electron chi connectivity index (χ4n) is 2.39. The van der Waals surface area contributed by atoms with E-state index in [-0.39, 0.29) is 24.8 Å². The van der Waals surface area contributed by atoms with Crippen molar-refractivity contribution in [3.05, 3.63) is 50.9 Å². The van der Waals surface area contributed by atoms with Gasteiger partial charge >= 0.3 is 0 Å². The summed E-state index contributed by atoms with van der Waals surface area (Å²) >= 11 is 6.81. The Hall–Kier alpha value is -2.72. The molecule has 0 aromatic heterocycles. The molecule has 10 heteroatoms. The van der Waals surface area contributed by atoms with Crippen LogP contribution in [0.25, 0.3) is 0 Å². The number of amides is 3. The van der Waals surface area contributed by atoms with Crippen molar-refractivity contribution in [2.24, 2.45) is 5.10 Å². The van der Waals surface area contributed by atoms with Crippen LogP contribution in [0.3, 0.4) is 0 Å². The lowest BCUT2D eigenvalue weighted by molar-refractivity contribution is -0.123. The molecule has 3 amide bonds. The first kappa shape index (κ1) is 24.5. The van der Waals surface area contributed by atoms with Crippen LogP contribution in [-0.4, -0.2) is 30.0 Å². The van der Waals surface area contributed by atoms with Gasteiger partial charge in [-0.15, -0.1) is 0 Å². The molecule has 0 heterocycles. The van der Waals surface area contributed by atoms with Gasteiger partial charge in [-0.2, -0.15) is 5.10 Å². The number of nitrogens with zero attached hydrogens (tertiary/aromatic N) is 1. The highest BCUT2D eigenvalue weighted by Crippen LogP contribution is 2.31. The predicted octanol–water partition coefficient (Wildman–Crippen LogP) is 4.38. The highest BCUT2D eigenvalue weighted by Gasteiger charge is 2.09. The molecule has 0 fully saturated rings. The molecule has 0 radical (unpaired) electrons. The minimum atomic E-state index is -0.444. The Balaban J connectivity index is 1.79. The summed E-state index contributed by atoms with van der Waals surface area (Å²) in [6.45, 7) is 4.75. The number of halogens is 2. The number of hydrazone groups is 1. The summed E-state index contributed by atoms with van der Waals surface area (Å²) in [5.74, 6) is -0.356. The van der Waals surface area contributed by atoms with Crippen molar-refractivity contribution in [1.82, 2.24) is 5.43 Å². The largest absolute Gasteiger partial charge is 0.483 e. The molecule has 0 saturated heterocycles. The van der Waals surface area contributed by atoms with E-state index in [1.54, 1.807) is 31.2 Å². The summed E-state index contributed by atoms with van der Waals surface area (Å²) < 4.78 is 7.16. The second-order valence-corrected chi connectivity index (χ2v) is 8.39. The Labute approximate surface area is 197 Å². The molecule has 3 N–H and O–H groups in total. The van der Waals surface area contributed by atoms with Gasteiger partial charge in [-0.25, -0.2) is 5.43 Å². The molecule has 0 aliphatic heterocycles. The fraction of sp³-hybridized carbons (Fsp3) is 0.238. The third kappa shape index (κ3) is 8.50. The van der Waals surface area contributed by atoms with E-state index in [4.69, 9.17) is 4.74 Å². The first-order chi connectivity index (χ1) is 14.6. The standard InChI is InChI=1S/C21H22Br2N4O4/c1-12-8-19(18(23)10-17(12)22)31-11-21(30)27-26-13(2)9-20(29)25-16-6-4-15(5-7-16)24-14(3)28/h4-8,10H,9,11H2,1-3H3,(H,24,28)(H,25,29)(H,27,30). The molecule has 31 heavy (non-hydrogen) atoms. The zero-order valence-electron chi connectivity index (χ0n) is 17.2. The minimum absolute atomic E-state index is 0.00599. The highest BCUT2D eigenvalue weighted by atomic mass is 79.9. The molecule has 0 saturated carbocycles. The first-order valence-corrected chi connectivity index (χ1v) is 10.8. The molecule has 0 aliphatic rings. The van der Waals surface area contributed by atoms with E-state index in [2.05, 4.69) is 53.0 Å². The molecule has 164 valence electrons. The van der Waals surface area contributed by atoms with Gasteiger partial charge in [0.05, 0.1) is 10.9 Å². The zero-order chi connectivity index (χ0) is 23.0. The lowest BCUT2D eigenvalue weighted by Gasteiger charge is -2.10. The fourth-order valence-corrected chi connectivity index (χ4v) is 3.50. The molecule has 2 rings (SSSR count). The van der Waals surface area contributed by atoms with Gasteiger partial charge in [0.25, 0.3) is 5.91 Å². The summed E-state index contributed by atoms with van der Waals surface area (Å²) in [5, 5.41) is 9.30. The summed E-state index contributed by atoms with van der Waals surface area (Å²) in [6.07, 6.45) is 0.00599. The molecule has 0 unspecified atom stereocenters. The smallest absolute Gasteiger partial charge is 0.277 e. The van der Waals surface area contributed by atoms with Crippen LogP contribution in [0.2, 0.25) is 0 Å². The maximum atomic E-state index is 12.1. The van der Waals surface area contributed by atoms with Crippen LogP contribution in [0.1, 0.15) is 25.8 Å². The summed E-state index contributed by atoms with van der Waals surface area (Å²) in [6, 6.07) is 10.4. The number of benzene rings is 2. The number of rotatable bonds is 8. The van der Waals surface area contributed by atoms with Crippen LogP contribution in [0.15, 0.2) is 50.4 Å². The van der Waals surface area contributed by atoms with E-state index in [9.17, 15) is 14.4 Å². The number of carbonyl (C=O) groups is 3. The van der Waals surface area contributed by atoms with Crippen molar-refractivity contribution < 1.29 is 19.1 Å². The number of carbonyl (C=O) groups excluding carboxylic acids is 3. The second kappa shape index (κ2) is 11.6. The quantitative estimate of drug-likeness (QED) is 0.333. The Bertz CT molecular complexity index is 1010. The van der Waals surface area contributed by atoms with Gasteiger partial charge < -0.3 is 15.4 Å². The molecule has 0 bridgehead atoms. The summed E-state index contributed by atoms with van der Waals surface area (Å²) in [4.78, 5) is 35.1. The summed E-state index contributed by atoms with van der Waals surface area (Å²) in [5.41, 5.74) is 5.00. The number of anilines is 2. The van der Waals surface area contributed by atoms with Gasteiger partial charge in [-0.05, 0) is 71.7 Å². The van der Waals surface area contributed by atoms with Crippen LogP contribution < -0.4 is 20.8 Å². The number of aryl methyl sites for hydroxylation is 1. The molecule has 0 spiro atoms. The van der Waals surface area contributed by atoms with E-state index >= 15 is 0 Å². The highest BCUT2D eigenvalue weighted by molar-refractivity contribution is 9.11. The van der Waals surface area contributed by atoms with Gasteiger partial charge in [-0.3, -0.25) is 14.4 Å². The second-order valence-electron chi connectivity index (χ2n) is 6.69. The molecule has 0 aliphatic carbocycles. The van der Waals surface area contributed by atoms with Crippen LogP contribution in [-0.2, 0) is 14.4 Å². The lowest BCUT2D eigenvalue weighted by Crippen LogP contribution is -2.26. The van der Waals surface area contributed by atoms with Crippen LogP contribution in [0, 0.1) is 6.92 Å². The van der Waals surface area contributed by atoms with Crippen molar-refractivity contribution >= 4 is 66.7 Å². The Kier molecular flexibility index (Phi) is 9.20. The Morgan fingerprint density at radius 3 is 2.16 bits per heavy atom. The Morgan fingerprint density at radius 1 is 0.935 bits per heavy atom. The van der Waals surface area contributed by atoms with Crippen LogP contribution >= 0.6 is 31.9 Å². The third-order valence-corrected chi connectivity index (χ3v) is 5.32. The van der Waals surface area contributed by atoms with Crippen molar-refractivity contribution in [1.29, 1.82) is 0 Å². The number of ether oxygens (including phenoxy) is 1. The van der Waals surface area contributed by atoms with E-state index < -0.39 is 5.91 Å². The van der Waals surface area contributed by atoms with Crippen LogP contribution in [0.5, 0.6) is 5.75 Å².